The van der Waals surface area contributed by atoms with Crippen molar-refractivity contribution in [1.29, 1.82) is 0 Å². The minimum Gasteiger partial charge on any atom is -0.368 e. The summed E-state index contributed by atoms with van der Waals surface area (Å²) in [5, 5.41) is 3.17. The molecule has 1 rings (SSSR count). The van der Waals surface area contributed by atoms with Gasteiger partial charge >= 0.3 is 0 Å². The Hall–Kier alpha value is -0.500. The number of hydrogen-bond donors (Lipinski definition) is 2. The van der Waals surface area contributed by atoms with Gasteiger partial charge in [-0.3, -0.25) is 15.1 Å². The maximum absolute atomic E-state index is 11.6. The molecule has 0 bridgehead atoms. The van der Waals surface area contributed by atoms with Gasteiger partial charge in [0.2, 0.25) is 5.91 Å². The Morgan fingerprint density at radius 1 is 1.45 bits per heavy atom. The van der Waals surface area contributed by atoms with Crippen LogP contribution in [0.25, 0.3) is 0 Å². The number of hydrogen-bond acceptors (Lipinski definition) is 4. The number of pyridine rings is 1. The molecule has 0 aliphatic carbocycles. The van der Waals surface area contributed by atoms with Gasteiger partial charge in [-0.25, -0.2) is 0 Å². The summed E-state index contributed by atoms with van der Waals surface area (Å²) in [6.07, 6.45) is 1.65. The largest absolute Gasteiger partial charge is 0.368 e. The van der Waals surface area contributed by atoms with Crippen LogP contribution < -0.4 is 11.1 Å². The first kappa shape index (κ1) is 17.6. The minimum absolute atomic E-state index is 0.430. The van der Waals surface area contributed by atoms with Crippen LogP contribution in [0.5, 0.6) is 0 Å². The van der Waals surface area contributed by atoms with E-state index in [1.54, 1.807) is 6.20 Å². The van der Waals surface area contributed by atoms with Crippen LogP contribution in [-0.4, -0.2) is 42.0 Å². The third-order valence-corrected chi connectivity index (χ3v) is 4.13. The molecule has 1 aromatic rings. The van der Waals surface area contributed by atoms with E-state index in [4.69, 9.17) is 5.73 Å². The van der Waals surface area contributed by atoms with Crippen LogP contribution in [0.1, 0.15) is 25.6 Å². The number of amides is 1. The summed E-state index contributed by atoms with van der Waals surface area (Å²) >= 11 is 6.75. The monoisotopic (exact) mass is 406 g/mol. The van der Waals surface area contributed by atoms with E-state index in [1.807, 2.05) is 6.07 Å². The Labute approximate surface area is 136 Å². The van der Waals surface area contributed by atoms with Crippen molar-refractivity contribution < 1.29 is 4.79 Å². The molecule has 0 aliphatic rings. The molecule has 3 N–H and O–H groups in total. The molecule has 0 saturated carbocycles. The van der Waals surface area contributed by atoms with Crippen molar-refractivity contribution in [2.24, 2.45) is 5.73 Å². The molecule has 1 aromatic heterocycles. The molecular weight excluding hydrogens is 388 g/mol. The average Bonchev–Trinajstić information content (AvgIpc) is 2.40. The summed E-state index contributed by atoms with van der Waals surface area (Å²) in [7, 11) is 0. The van der Waals surface area contributed by atoms with Crippen molar-refractivity contribution in [1.82, 2.24) is 15.2 Å². The van der Waals surface area contributed by atoms with Crippen LogP contribution in [-0.2, 0) is 4.79 Å². The summed E-state index contributed by atoms with van der Waals surface area (Å²) in [4.78, 5) is 18.2. The lowest BCUT2D eigenvalue weighted by Gasteiger charge is -2.21. The molecule has 0 radical (unpaired) electrons. The number of aromatic nitrogens is 1. The smallest absolute Gasteiger partial charge is 0.240 e. The van der Waals surface area contributed by atoms with E-state index < -0.39 is 11.9 Å². The SMILES string of the molecule is CCN(CC)CCNC(C(N)=O)c1ncc(Br)cc1Br. The van der Waals surface area contributed by atoms with Crippen LogP contribution in [0.4, 0.5) is 0 Å². The van der Waals surface area contributed by atoms with Gasteiger partial charge < -0.3 is 10.6 Å². The van der Waals surface area contributed by atoms with Crippen molar-refractivity contribution in [2.75, 3.05) is 26.2 Å². The Morgan fingerprint density at radius 2 is 2.10 bits per heavy atom. The average molecular weight is 408 g/mol. The predicted octanol–water partition coefficient (Wildman–Crippen LogP) is 2.06. The summed E-state index contributed by atoms with van der Waals surface area (Å²) in [6, 6.07) is 1.26. The van der Waals surface area contributed by atoms with Gasteiger partial charge in [-0.15, -0.1) is 0 Å². The number of primary amides is 1. The van der Waals surface area contributed by atoms with E-state index in [0.717, 1.165) is 28.6 Å². The minimum atomic E-state index is -0.590. The van der Waals surface area contributed by atoms with Gasteiger partial charge in [-0.05, 0) is 51.0 Å². The molecule has 1 atom stereocenters. The van der Waals surface area contributed by atoms with Gasteiger partial charge in [0.1, 0.15) is 6.04 Å². The number of halogens is 2. The molecule has 0 fully saturated rings. The summed E-state index contributed by atoms with van der Waals surface area (Å²) in [5.74, 6) is -0.430. The maximum atomic E-state index is 11.6. The number of carbonyl (C=O) groups excluding carboxylic acids is 1. The van der Waals surface area contributed by atoms with Crippen LogP contribution in [0, 0.1) is 0 Å². The van der Waals surface area contributed by atoms with Gasteiger partial charge in [-0.1, -0.05) is 13.8 Å². The molecule has 7 heteroatoms. The Balaban J connectivity index is 2.72. The Kier molecular flexibility index (Phi) is 7.65. The number of nitrogens with zero attached hydrogens (tertiary/aromatic N) is 2. The van der Waals surface area contributed by atoms with E-state index >= 15 is 0 Å². The van der Waals surface area contributed by atoms with E-state index in [1.165, 1.54) is 0 Å². The molecular formula is C13H20Br2N4O. The number of nitrogens with two attached hydrogens (primary N) is 1. The van der Waals surface area contributed by atoms with E-state index in [9.17, 15) is 4.79 Å². The Bertz CT molecular complexity index is 452. The summed E-state index contributed by atoms with van der Waals surface area (Å²) < 4.78 is 1.60. The van der Waals surface area contributed by atoms with Crippen molar-refractivity contribution in [2.45, 2.75) is 19.9 Å². The number of likely N-dealkylation sites (N-methyl/N-ethyl adjacent to an activating group) is 1. The lowest BCUT2D eigenvalue weighted by atomic mass is 10.1. The normalized spacial score (nSPS) is 12.7. The van der Waals surface area contributed by atoms with Gasteiger partial charge in [-0.2, -0.15) is 0 Å². The first-order chi connectivity index (χ1) is 9.49. The first-order valence-electron chi connectivity index (χ1n) is 6.55. The quantitative estimate of drug-likeness (QED) is 0.691. The van der Waals surface area contributed by atoms with Crippen molar-refractivity contribution in [3.05, 3.63) is 26.9 Å². The third kappa shape index (κ3) is 5.12. The van der Waals surface area contributed by atoms with Crippen molar-refractivity contribution >= 4 is 37.8 Å². The second-order valence-electron chi connectivity index (χ2n) is 4.34. The van der Waals surface area contributed by atoms with Crippen LogP contribution in [0.15, 0.2) is 21.2 Å². The van der Waals surface area contributed by atoms with Crippen LogP contribution >= 0.6 is 31.9 Å². The third-order valence-electron chi connectivity index (χ3n) is 3.07. The Morgan fingerprint density at radius 3 is 2.60 bits per heavy atom. The fourth-order valence-electron chi connectivity index (χ4n) is 1.88. The van der Waals surface area contributed by atoms with E-state index in [0.29, 0.717) is 12.2 Å². The zero-order valence-electron chi connectivity index (χ0n) is 11.7. The second-order valence-corrected chi connectivity index (χ2v) is 6.11. The zero-order valence-corrected chi connectivity index (χ0v) is 14.9. The molecule has 0 saturated heterocycles. The fraction of sp³-hybridized carbons (Fsp3) is 0.538. The van der Waals surface area contributed by atoms with E-state index in [2.05, 4.69) is 60.9 Å². The second kappa shape index (κ2) is 8.71. The van der Waals surface area contributed by atoms with Gasteiger partial charge in [0.25, 0.3) is 0 Å². The molecule has 20 heavy (non-hydrogen) atoms. The molecule has 112 valence electrons. The molecule has 1 unspecified atom stereocenters. The van der Waals surface area contributed by atoms with Crippen LogP contribution in [0.2, 0.25) is 0 Å². The molecule has 5 nitrogen and oxygen atoms in total. The molecule has 1 heterocycles. The lowest BCUT2D eigenvalue weighted by molar-refractivity contribution is -0.120. The first-order valence-corrected chi connectivity index (χ1v) is 8.14. The standard InChI is InChI=1S/C13H20Br2N4O/c1-3-19(4-2)6-5-17-12(13(16)20)11-10(15)7-9(14)8-18-11/h7-8,12,17H,3-6H2,1-2H3,(H2,16,20). The number of nitrogens with one attached hydrogen (secondary N) is 1. The predicted molar refractivity (Wildman–Crippen MR) is 87.4 cm³/mol. The number of carbonyl (C=O) groups is 1. The summed E-state index contributed by atoms with van der Waals surface area (Å²) in [5.41, 5.74) is 6.08. The number of rotatable bonds is 8. The zero-order chi connectivity index (χ0) is 15.1. The van der Waals surface area contributed by atoms with Gasteiger partial charge in [0.15, 0.2) is 0 Å². The van der Waals surface area contributed by atoms with Gasteiger partial charge in [0.05, 0.1) is 5.69 Å². The van der Waals surface area contributed by atoms with Crippen LogP contribution in [0.3, 0.4) is 0 Å². The highest BCUT2D eigenvalue weighted by Crippen LogP contribution is 2.24. The highest BCUT2D eigenvalue weighted by atomic mass is 79.9. The summed E-state index contributed by atoms with van der Waals surface area (Å²) in [6.45, 7) is 7.74. The van der Waals surface area contributed by atoms with Crippen molar-refractivity contribution in [3.8, 4) is 0 Å². The van der Waals surface area contributed by atoms with E-state index in [-0.39, 0.29) is 0 Å². The topological polar surface area (TPSA) is 71.2 Å². The van der Waals surface area contributed by atoms with Gasteiger partial charge in [0, 0.05) is 28.2 Å². The lowest BCUT2D eigenvalue weighted by Crippen LogP contribution is -2.39. The highest BCUT2D eigenvalue weighted by molar-refractivity contribution is 9.11. The molecule has 0 spiro atoms. The molecule has 1 amide bonds. The fourth-order valence-corrected chi connectivity index (χ4v) is 3.09. The maximum Gasteiger partial charge on any atom is 0.240 e. The van der Waals surface area contributed by atoms with Crippen molar-refractivity contribution in [3.63, 3.8) is 0 Å². The highest BCUT2D eigenvalue weighted by Gasteiger charge is 2.21. The molecule has 0 aromatic carbocycles. The molecule has 0 aliphatic heterocycles.